The number of carbonyl (C=O) groups excluding carboxylic acids is 1. The van der Waals surface area contributed by atoms with Crippen molar-refractivity contribution < 1.29 is 4.79 Å². The summed E-state index contributed by atoms with van der Waals surface area (Å²) >= 11 is 1.69. The maximum Gasteiger partial charge on any atom is 0.216 e. The topological polar surface area (TPSA) is 78.4 Å². The molecule has 0 bridgehead atoms. The van der Waals surface area contributed by atoms with Crippen molar-refractivity contribution in [2.75, 3.05) is 19.6 Å². The minimum Gasteiger partial charge on any atom is -0.357 e. The van der Waals surface area contributed by atoms with E-state index in [1.807, 2.05) is 13.1 Å². The van der Waals surface area contributed by atoms with Gasteiger partial charge in [0.05, 0.1) is 6.54 Å². The molecule has 0 saturated carbocycles. The number of guanidine groups is 1. The van der Waals surface area contributed by atoms with E-state index in [0.29, 0.717) is 19.6 Å². The van der Waals surface area contributed by atoms with E-state index in [1.165, 1.54) is 11.8 Å². The lowest BCUT2D eigenvalue weighted by atomic mass is 10.4. The van der Waals surface area contributed by atoms with Crippen LogP contribution >= 0.6 is 11.3 Å². The van der Waals surface area contributed by atoms with Crippen LogP contribution in [0.5, 0.6) is 0 Å². The van der Waals surface area contributed by atoms with Gasteiger partial charge in [0.1, 0.15) is 5.01 Å². The summed E-state index contributed by atoms with van der Waals surface area (Å²) in [5.74, 6) is 0.717. The Morgan fingerprint density at radius 3 is 2.65 bits per heavy atom. The fourth-order valence-electron chi connectivity index (χ4n) is 1.49. The van der Waals surface area contributed by atoms with E-state index in [2.05, 4.69) is 32.9 Å². The summed E-state index contributed by atoms with van der Waals surface area (Å²) in [6.45, 7) is 8.23. The standard InChI is InChI=1S/C13H23N5OS/c1-4-11-8-17-12(20-11)9-18-13(14-5-2)16-7-6-15-10(3)19/h8H,4-7,9H2,1-3H3,(H,15,19)(H2,14,16,18). The van der Waals surface area contributed by atoms with Gasteiger partial charge in [-0.1, -0.05) is 6.92 Å². The fraction of sp³-hybridized carbons (Fsp3) is 0.615. The van der Waals surface area contributed by atoms with Gasteiger partial charge in [0.2, 0.25) is 5.91 Å². The van der Waals surface area contributed by atoms with E-state index in [-0.39, 0.29) is 5.91 Å². The van der Waals surface area contributed by atoms with E-state index >= 15 is 0 Å². The van der Waals surface area contributed by atoms with E-state index in [0.717, 1.165) is 23.9 Å². The van der Waals surface area contributed by atoms with Crippen LogP contribution in [0.1, 0.15) is 30.7 Å². The summed E-state index contributed by atoms with van der Waals surface area (Å²) in [4.78, 5) is 20.9. The molecule has 0 atom stereocenters. The lowest BCUT2D eigenvalue weighted by Crippen LogP contribution is -2.41. The Labute approximate surface area is 124 Å². The van der Waals surface area contributed by atoms with E-state index in [4.69, 9.17) is 0 Å². The molecule has 1 aromatic heterocycles. The number of hydrogen-bond acceptors (Lipinski definition) is 4. The van der Waals surface area contributed by atoms with Gasteiger partial charge in [-0.2, -0.15) is 0 Å². The van der Waals surface area contributed by atoms with Crippen LogP contribution in [0.3, 0.4) is 0 Å². The van der Waals surface area contributed by atoms with E-state index in [9.17, 15) is 4.79 Å². The molecule has 3 N–H and O–H groups in total. The second kappa shape index (κ2) is 9.30. The highest BCUT2D eigenvalue weighted by Gasteiger charge is 2.01. The summed E-state index contributed by atoms with van der Waals surface area (Å²) in [5, 5.41) is 10.1. The zero-order valence-electron chi connectivity index (χ0n) is 12.3. The predicted octanol–water partition coefficient (Wildman–Crippen LogP) is 0.897. The number of amides is 1. The van der Waals surface area contributed by atoms with Crippen molar-refractivity contribution >= 4 is 23.2 Å². The third kappa shape index (κ3) is 6.51. The molecule has 20 heavy (non-hydrogen) atoms. The molecule has 1 heterocycles. The van der Waals surface area contributed by atoms with Gasteiger partial charge in [0.15, 0.2) is 5.96 Å². The van der Waals surface area contributed by atoms with Crippen LogP contribution in [0.4, 0.5) is 0 Å². The van der Waals surface area contributed by atoms with Gasteiger partial charge in [-0.15, -0.1) is 11.3 Å². The SMILES string of the molecule is CCNC(=NCc1ncc(CC)s1)NCCNC(C)=O. The number of aryl methyl sites for hydroxylation is 1. The minimum atomic E-state index is -0.0244. The van der Waals surface area contributed by atoms with Crippen molar-refractivity contribution in [3.63, 3.8) is 0 Å². The smallest absolute Gasteiger partial charge is 0.216 e. The normalized spacial score (nSPS) is 11.2. The van der Waals surface area contributed by atoms with E-state index in [1.54, 1.807) is 11.3 Å². The Morgan fingerprint density at radius 2 is 2.05 bits per heavy atom. The Morgan fingerprint density at radius 1 is 1.30 bits per heavy atom. The first-order valence-electron chi connectivity index (χ1n) is 6.85. The van der Waals surface area contributed by atoms with Crippen LogP contribution in [-0.2, 0) is 17.8 Å². The zero-order chi connectivity index (χ0) is 14.8. The molecule has 6 nitrogen and oxygen atoms in total. The molecule has 0 aliphatic carbocycles. The van der Waals surface area contributed by atoms with Crippen molar-refractivity contribution in [1.82, 2.24) is 20.9 Å². The number of nitrogens with zero attached hydrogens (tertiary/aromatic N) is 2. The Balaban J connectivity index is 2.43. The molecular weight excluding hydrogens is 274 g/mol. The summed E-state index contributed by atoms with van der Waals surface area (Å²) in [6.07, 6.45) is 2.92. The Kier molecular flexibility index (Phi) is 7.64. The van der Waals surface area contributed by atoms with E-state index < -0.39 is 0 Å². The van der Waals surface area contributed by atoms with Gasteiger partial charge in [0, 0.05) is 37.6 Å². The van der Waals surface area contributed by atoms with Gasteiger partial charge >= 0.3 is 0 Å². The van der Waals surface area contributed by atoms with Crippen molar-refractivity contribution in [1.29, 1.82) is 0 Å². The number of nitrogens with one attached hydrogen (secondary N) is 3. The van der Waals surface area contributed by atoms with Crippen LogP contribution in [-0.4, -0.2) is 36.5 Å². The highest BCUT2D eigenvalue weighted by atomic mass is 32.1. The van der Waals surface area contributed by atoms with Crippen LogP contribution in [0.2, 0.25) is 0 Å². The second-order valence-electron chi connectivity index (χ2n) is 4.18. The number of aliphatic imine (C=N–C) groups is 1. The average molecular weight is 297 g/mol. The van der Waals surface area contributed by atoms with Crippen molar-refractivity contribution in [3.8, 4) is 0 Å². The maximum atomic E-state index is 10.8. The monoisotopic (exact) mass is 297 g/mol. The first-order chi connectivity index (χ1) is 9.65. The molecule has 0 unspecified atom stereocenters. The number of aromatic nitrogens is 1. The molecule has 1 rings (SSSR count). The molecule has 0 aromatic carbocycles. The van der Waals surface area contributed by atoms with Gasteiger partial charge in [-0.25, -0.2) is 9.98 Å². The molecule has 0 saturated heterocycles. The number of carbonyl (C=O) groups is 1. The van der Waals surface area contributed by atoms with Crippen LogP contribution in [0, 0.1) is 0 Å². The first-order valence-corrected chi connectivity index (χ1v) is 7.67. The van der Waals surface area contributed by atoms with Gasteiger partial charge in [-0.05, 0) is 13.3 Å². The predicted molar refractivity (Wildman–Crippen MR) is 83.0 cm³/mol. The quantitative estimate of drug-likeness (QED) is 0.397. The summed E-state index contributed by atoms with van der Waals surface area (Å²) in [7, 11) is 0. The molecule has 0 fully saturated rings. The lowest BCUT2D eigenvalue weighted by molar-refractivity contribution is -0.118. The molecule has 1 aromatic rings. The summed E-state index contributed by atoms with van der Waals surface area (Å²) in [6, 6.07) is 0. The lowest BCUT2D eigenvalue weighted by Gasteiger charge is -2.10. The minimum absolute atomic E-state index is 0.0244. The molecule has 112 valence electrons. The summed E-state index contributed by atoms with van der Waals surface area (Å²) < 4.78 is 0. The molecule has 0 spiro atoms. The van der Waals surface area contributed by atoms with Gasteiger partial charge in [-0.3, -0.25) is 4.79 Å². The second-order valence-corrected chi connectivity index (χ2v) is 5.38. The highest BCUT2D eigenvalue weighted by Crippen LogP contribution is 2.13. The molecule has 0 radical (unpaired) electrons. The third-order valence-electron chi connectivity index (χ3n) is 2.46. The summed E-state index contributed by atoms with van der Waals surface area (Å²) in [5.41, 5.74) is 0. The first kappa shape index (κ1) is 16.4. The highest BCUT2D eigenvalue weighted by molar-refractivity contribution is 7.11. The molecule has 7 heteroatoms. The third-order valence-corrected chi connectivity index (χ3v) is 3.58. The van der Waals surface area contributed by atoms with Crippen LogP contribution < -0.4 is 16.0 Å². The number of thiazole rings is 1. The largest absolute Gasteiger partial charge is 0.357 e. The van der Waals surface area contributed by atoms with Gasteiger partial charge < -0.3 is 16.0 Å². The molecular formula is C13H23N5OS. The molecule has 0 aliphatic rings. The van der Waals surface area contributed by atoms with Crippen molar-refractivity contribution in [2.24, 2.45) is 4.99 Å². The van der Waals surface area contributed by atoms with Crippen LogP contribution in [0.15, 0.2) is 11.2 Å². The average Bonchev–Trinajstić information content (AvgIpc) is 2.88. The number of rotatable bonds is 7. The van der Waals surface area contributed by atoms with Gasteiger partial charge in [0.25, 0.3) is 0 Å². The Hall–Kier alpha value is -1.63. The molecule has 1 amide bonds. The zero-order valence-corrected chi connectivity index (χ0v) is 13.1. The number of hydrogen-bond donors (Lipinski definition) is 3. The van der Waals surface area contributed by atoms with Crippen molar-refractivity contribution in [3.05, 3.63) is 16.1 Å². The van der Waals surface area contributed by atoms with Crippen LogP contribution in [0.25, 0.3) is 0 Å². The fourth-order valence-corrected chi connectivity index (χ4v) is 2.28. The maximum absolute atomic E-state index is 10.8. The molecule has 0 aliphatic heterocycles. The van der Waals surface area contributed by atoms with Crippen molar-refractivity contribution in [2.45, 2.75) is 33.7 Å². The Bertz CT molecular complexity index is 444.